The van der Waals surface area contributed by atoms with Crippen LogP contribution in [-0.4, -0.2) is 55.5 Å². The lowest BCUT2D eigenvalue weighted by Crippen LogP contribution is -2.59. The zero-order valence-electron chi connectivity index (χ0n) is 17.8. The van der Waals surface area contributed by atoms with Crippen molar-refractivity contribution in [1.82, 2.24) is 15.0 Å². The number of pyridine rings is 1. The molecule has 1 spiro atoms. The van der Waals surface area contributed by atoms with Crippen molar-refractivity contribution in [2.75, 3.05) is 51.2 Å². The van der Waals surface area contributed by atoms with Crippen LogP contribution in [0.1, 0.15) is 12.8 Å². The van der Waals surface area contributed by atoms with Gasteiger partial charge in [-0.25, -0.2) is 15.0 Å². The van der Waals surface area contributed by atoms with Crippen LogP contribution >= 0.6 is 23.2 Å². The molecule has 0 unspecified atom stereocenters. The minimum absolute atomic E-state index is 0.267. The van der Waals surface area contributed by atoms with Crippen molar-refractivity contribution in [1.29, 1.82) is 0 Å². The summed E-state index contributed by atoms with van der Waals surface area (Å²) in [6, 6.07) is 3.45. The summed E-state index contributed by atoms with van der Waals surface area (Å²) in [6.45, 7) is 3.39. The van der Waals surface area contributed by atoms with E-state index in [4.69, 9.17) is 53.1 Å². The van der Waals surface area contributed by atoms with Gasteiger partial charge in [0.2, 0.25) is 0 Å². The summed E-state index contributed by atoms with van der Waals surface area (Å²) in [7, 11) is 3.07. The van der Waals surface area contributed by atoms with Gasteiger partial charge in [-0.15, -0.1) is 0 Å². The average molecular weight is 476 g/mol. The summed E-state index contributed by atoms with van der Waals surface area (Å²) in [6.07, 6.45) is 3.74. The van der Waals surface area contributed by atoms with Crippen molar-refractivity contribution < 1.29 is 14.2 Å². The van der Waals surface area contributed by atoms with Gasteiger partial charge in [0.25, 0.3) is 0 Å². The lowest BCUT2D eigenvalue weighted by molar-refractivity contribution is -0.000353. The summed E-state index contributed by atoms with van der Waals surface area (Å²) >= 11 is 13.3. The number of anilines is 2. The maximum atomic E-state index is 6.64. The Kier molecular flexibility index (Phi) is 5.39. The number of benzene rings is 1. The van der Waals surface area contributed by atoms with E-state index in [9.17, 15) is 0 Å². The van der Waals surface area contributed by atoms with Gasteiger partial charge in [-0.2, -0.15) is 0 Å². The highest BCUT2D eigenvalue weighted by Gasteiger charge is 2.45. The molecule has 2 saturated heterocycles. The summed E-state index contributed by atoms with van der Waals surface area (Å²) in [5, 5.41) is 1.47. The quantitative estimate of drug-likeness (QED) is 0.598. The van der Waals surface area contributed by atoms with E-state index in [-0.39, 0.29) is 5.41 Å². The average Bonchev–Trinajstić information content (AvgIpc) is 2.78. The molecule has 2 aromatic heterocycles. The Morgan fingerprint density at radius 2 is 1.69 bits per heavy atom. The fourth-order valence-electron chi connectivity index (χ4n) is 4.50. The molecule has 0 radical (unpaired) electrons. The molecule has 3 aromatic rings. The van der Waals surface area contributed by atoms with Crippen LogP contribution in [-0.2, 0) is 4.74 Å². The zero-order chi connectivity index (χ0) is 22.5. The molecule has 2 aliphatic heterocycles. The van der Waals surface area contributed by atoms with Gasteiger partial charge in [-0.3, -0.25) is 0 Å². The molecular formula is C22H23Cl2N5O3. The standard InChI is InChI=1S/C22H23Cl2N5O3/c1-30-14-8-15(31-2)19(24)17(18(14)23)20-27-13-9-26-16(25)7-12(13)21(28-20)29-10-22(11-29)3-5-32-6-4-22/h7-9H,3-6,10-11H2,1-2H3,(H2,25,26). The van der Waals surface area contributed by atoms with Gasteiger partial charge in [-0.05, 0) is 18.9 Å². The molecule has 32 heavy (non-hydrogen) atoms. The van der Waals surface area contributed by atoms with Crippen molar-refractivity contribution >= 4 is 45.7 Å². The number of rotatable bonds is 4. The molecule has 0 bridgehead atoms. The molecule has 4 heterocycles. The van der Waals surface area contributed by atoms with Crippen LogP contribution in [0.15, 0.2) is 18.3 Å². The van der Waals surface area contributed by atoms with Gasteiger partial charge < -0.3 is 24.8 Å². The molecule has 2 aliphatic rings. The fraction of sp³-hybridized carbons (Fsp3) is 0.409. The van der Waals surface area contributed by atoms with Crippen LogP contribution in [0.2, 0.25) is 10.0 Å². The zero-order valence-corrected chi connectivity index (χ0v) is 19.3. The van der Waals surface area contributed by atoms with E-state index in [1.807, 2.05) is 0 Å². The van der Waals surface area contributed by atoms with Gasteiger partial charge in [0.05, 0.1) is 41.5 Å². The lowest BCUT2D eigenvalue weighted by Gasteiger charge is -2.53. The normalized spacial score (nSPS) is 17.4. The maximum absolute atomic E-state index is 6.64. The second-order valence-corrected chi connectivity index (χ2v) is 9.01. The number of nitrogens with two attached hydrogens (primary N) is 1. The van der Waals surface area contributed by atoms with Crippen LogP contribution in [0.5, 0.6) is 11.5 Å². The molecule has 5 rings (SSSR count). The Bertz CT molecular complexity index is 1160. The van der Waals surface area contributed by atoms with Crippen LogP contribution in [0, 0.1) is 5.41 Å². The highest BCUT2D eigenvalue weighted by atomic mass is 35.5. The number of methoxy groups -OCH3 is 2. The van der Waals surface area contributed by atoms with Crippen molar-refractivity contribution in [2.24, 2.45) is 5.41 Å². The van der Waals surface area contributed by atoms with Gasteiger partial charge in [0.15, 0.2) is 5.82 Å². The van der Waals surface area contributed by atoms with Crippen molar-refractivity contribution in [2.45, 2.75) is 12.8 Å². The topological polar surface area (TPSA) is 95.6 Å². The second-order valence-electron chi connectivity index (χ2n) is 8.25. The highest BCUT2D eigenvalue weighted by Crippen LogP contribution is 2.47. The molecule has 8 nitrogen and oxygen atoms in total. The third kappa shape index (κ3) is 3.46. The van der Waals surface area contributed by atoms with Gasteiger partial charge in [0, 0.05) is 43.2 Å². The predicted octanol–water partition coefficient (Wildman–Crippen LogP) is 4.21. The van der Waals surface area contributed by atoms with Gasteiger partial charge in [0.1, 0.15) is 23.1 Å². The summed E-state index contributed by atoms with van der Waals surface area (Å²) < 4.78 is 16.4. The Morgan fingerprint density at radius 3 is 2.31 bits per heavy atom. The van der Waals surface area contributed by atoms with Crippen molar-refractivity contribution in [3.05, 3.63) is 28.4 Å². The minimum atomic E-state index is 0.267. The van der Waals surface area contributed by atoms with E-state index < -0.39 is 0 Å². The molecular weight excluding hydrogens is 453 g/mol. The first kappa shape index (κ1) is 21.3. The van der Waals surface area contributed by atoms with Crippen LogP contribution < -0.4 is 20.1 Å². The van der Waals surface area contributed by atoms with Crippen molar-refractivity contribution in [3.8, 4) is 22.9 Å². The molecule has 0 atom stereocenters. The number of ether oxygens (including phenoxy) is 3. The minimum Gasteiger partial charge on any atom is -0.495 e. The largest absolute Gasteiger partial charge is 0.495 e. The summed E-state index contributed by atoms with van der Waals surface area (Å²) in [5.41, 5.74) is 7.36. The lowest BCUT2D eigenvalue weighted by atomic mass is 9.73. The first-order valence-electron chi connectivity index (χ1n) is 10.3. The summed E-state index contributed by atoms with van der Waals surface area (Å²) in [5.74, 6) is 2.42. The molecule has 0 aliphatic carbocycles. The molecule has 2 fully saturated rings. The number of nitrogen functional groups attached to an aromatic ring is 1. The molecule has 10 heteroatoms. The number of halogens is 2. The molecule has 0 amide bonds. The molecule has 1 aromatic carbocycles. The maximum Gasteiger partial charge on any atom is 0.165 e. The Labute approximate surface area is 195 Å². The summed E-state index contributed by atoms with van der Waals surface area (Å²) in [4.78, 5) is 16.1. The first-order chi connectivity index (χ1) is 15.4. The van der Waals surface area contributed by atoms with E-state index in [1.54, 1.807) is 18.3 Å². The molecule has 2 N–H and O–H groups in total. The van der Waals surface area contributed by atoms with E-state index in [0.717, 1.165) is 50.3 Å². The number of nitrogens with zero attached hydrogens (tertiary/aromatic N) is 4. The fourth-order valence-corrected chi connectivity index (χ4v) is 5.17. The van der Waals surface area contributed by atoms with Crippen LogP contribution in [0.3, 0.4) is 0 Å². The highest BCUT2D eigenvalue weighted by molar-refractivity contribution is 6.41. The Morgan fingerprint density at radius 1 is 1.03 bits per heavy atom. The van der Waals surface area contributed by atoms with Crippen molar-refractivity contribution in [3.63, 3.8) is 0 Å². The van der Waals surface area contributed by atoms with E-state index in [0.29, 0.717) is 44.3 Å². The van der Waals surface area contributed by atoms with E-state index in [1.165, 1.54) is 14.2 Å². The second kappa shape index (κ2) is 8.10. The van der Waals surface area contributed by atoms with Gasteiger partial charge >= 0.3 is 0 Å². The van der Waals surface area contributed by atoms with Crippen LogP contribution in [0.25, 0.3) is 22.3 Å². The Balaban J connectivity index is 1.66. The predicted molar refractivity (Wildman–Crippen MR) is 125 cm³/mol. The van der Waals surface area contributed by atoms with Crippen LogP contribution in [0.4, 0.5) is 11.6 Å². The van der Waals surface area contributed by atoms with E-state index in [2.05, 4.69) is 9.88 Å². The van der Waals surface area contributed by atoms with E-state index >= 15 is 0 Å². The third-order valence-corrected chi connectivity index (χ3v) is 7.04. The monoisotopic (exact) mass is 475 g/mol. The first-order valence-corrected chi connectivity index (χ1v) is 11.1. The number of hydrogen-bond acceptors (Lipinski definition) is 8. The number of hydrogen-bond donors (Lipinski definition) is 1. The molecule has 0 saturated carbocycles. The Hall–Kier alpha value is -2.55. The number of aromatic nitrogens is 3. The molecule has 168 valence electrons. The number of fused-ring (bicyclic) bond motifs is 1. The van der Waals surface area contributed by atoms with Gasteiger partial charge in [-0.1, -0.05) is 23.2 Å². The third-order valence-electron chi connectivity index (χ3n) is 6.29. The smallest absolute Gasteiger partial charge is 0.165 e. The SMILES string of the molecule is COc1cc(OC)c(Cl)c(-c2nc(N3CC4(CCOCC4)C3)c3cc(N)ncc3n2)c1Cl.